The number of hydrogen-bond donors (Lipinski definition) is 1. The maximum atomic E-state index is 3.62. The van der Waals surface area contributed by atoms with Crippen molar-refractivity contribution in [2.24, 2.45) is 0 Å². The van der Waals surface area contributed by atoms with Crippen LogP contribution in [-0.4, -0.2) is 62.2 Å². The Morgan fingerprint density at radius 2 is 2.00 bits per heavy atom. The summed E-state index contributed by atoms with van der Waals surface area (Å²) in [6.45, 7) is 9.23. The SMILES string of the molecule is CCCC(CC1CN(C)CCN1C)NCC. The van der Waals surface area contributed by atoms with E-state index in [-0.39, 0.29) is 0 Å². The Morgan fingerprint density at radius 1 is 1.25 bits per heavy atom. The lowest BCUT2D eigenvalue weighted by Crippen LogP contribution is -2.52. The lowest BCUT2D eigenvalue weighted by molar-refractivity contribution is 0.100. The molecule has 1 aliphatic heterocycles. The molecule has 1 heterocycles. The van der Waals surface area contributed by atoms with Crippen LogP contribution in [0.5, 0.6) is 0 Å². The minimum atomic E-state index is 0.703. The Hall–Kier alpha value is -0.120. The summed E-state index contributed by atoms with van der Waals surface area (Å²) < 4.78 is 0. The van der Waals surface area contributed by atoms with Crippen molar-refractivity contribution in [2.45, 2.75) is 45.2 Å². The first-order valence-corrected chi connectivity index (χ1v) is 6.79. The van der Waals surface area contributed by atoms with E-state index in [1.807, 2.05) is 0 Å². The highest BCUT2D eigenvalue weighted by molar-refractivity contribution is 4.83. The van der Waals surface area contributed by atoms with Crippen LogP contribution in [0.25, 0.3) is 0 Å². The minimum Gasteiger partial charge on any atom is -0.314 e. The summed E-state index contributed by atoms with van der Waals surface area (Å²) in [7, 11) is 4.51. The van der Waals surface area contributed by atoms with E-state index in [1.165, 1.54) is 38.9 Å². The quantitative estimate of drug-likeness (QED) is 0.740. The van der Waals surface area contributed by atoms with Gasteiger partial charge in [-0.25, -0.2) is 0 Å². The van der Waals surface area contributed by atoms with Crippen LogP contribution in [0.15, 0.2) is 0 Å². The summed E-state index contributed by atoms with van der Waals surface area (Å²) in [5.74, 6) is 0. The van der Waals surface area contributed by atoms with Crippen LogP contribution in [0.1, 0.15) is 33.1 Å². The summed E-state index contributed by atoms with van der Waals surface area (Å²) in [6, 6.07) is 1.43. The highest BCUT2D eigenvalue weighted by atomic mass is 15.3. The smallest absolute Gasteiger partial charge is 0.0235 e. The molecule has 0 saturated carbocycles. The van der Waals surface area contributed by atoms with Crippen molar-refractivity contribution >= 4 is 0 Å². The second-order valence-corrected chi connectivity index (χ2v) is 5.18. The molecule has 2 unspecified atom stereocenters. The highest BCUT2D eigenvalue weighted by Crippen LogP contribution is 2.14. The molecular formula is C13H29N3. The van der Waals surface area contributed by atoms with Crippen LogP contribution in [0.4, 0.5) is 0 Å². The summed E-state index contributed by atoms with van der Waals surface area (Å²) in [4.78, 5) is 4.99. The van der Waals surface area contributed by atoms with E-state index in [1.54, 1.807) is 0 Å². The van der Waals surface area contributed by atoms with Crippen LogP contribution in [-0.2, 0) is 0 Å². The molecule has 1 aliphatic rings. The molecule has 1 fully saturated rings. The van der Waals surface area contributed by atoms with Crippen LogP contribution >= 0.6 is 0 Å². The Bertz CT molecular complexity index is 178. The number of likely N-dealkylation sites (N-methyl/N-ethyl adjacent to an activating group) is 2. The second-order valence-electron chi connectivity index (χ2n) is 5.18. The lowest BCUT2D eigenvalue weighted by atomic mass is 10.00. The van der Waals surface area contributed by atoms with Crippen molar-refractivity contribution in [3.8, 4) is 0 Å². The van der Waals surface area contributed by atoms with Crippen LogP contribution in [0, 0.1) is 0 Å². The molecule has 3 heteroatoms. The normalized spacial score (nSPS) is 25.9. The Kier molecular flexibility index (Phi) is 6.32. The molecule has 16 heavy (non-hydrogen) atoms. The molecule has 1 N–H and O–H groups in total. The standard InChI is InChI=1S/C13H29N3/c1-5-7-12(14-6-2)10-13-11-15(3)8-9-16(13)4/h12-14H,5-11H2,1-4H3. The van der Waals surface area contributed by atoms with Gasteiger partial charge in [-0.2, -0.15) is 0 Å². The van der Waals surface area contributed by atoms with E-state index in [9.17, 15) is 0 Å². The van der Waals surface area contributed by atoms with Gasteiger partial charge in [-0.15, -0.1) is 0 Å². The fourth-order valence-electron chi connectivity index (χ4n) is 2.62. The molecule has 0 bridgehead atoms. The monoisotopic (exact) mass is 227 g/mol. The second kappa shape index (κ2) is 7.25. The van der Waals surface area contributed by atoms with Gasteiger partial charge in [0.1, 0.15) is 0 Å². The summed E-state index contributed by atoms with van der Waals surface area (Å²) in [5.41, 5.74) is 0. The average molecular weight is 227 g/mol. The van der Waals surface area contributed by atoms with Crippen molar-refractivity contribution in [1.82, 2.24) is 15.1 Å². The number of nitrogens with one attached hydrogen (secondary N) is 1. The first-order valence-electron chi connectivity index (χ1n) is 6.79. The molecular weight excluding hydrogens is 198 g/mol. The van der Waals surface area contributed by atoms with E-state index in [4.69, 9.17) is 0 Å². The Labute approximate surface area is 101 Å². The molecule has 0 radical (unpaired) electrons. The molecule has 0 aromatic heterocycles. The Morgan fingerprint density at radius 3 is 2.62 bits per heavy atom. The third-order valence-electron chi connectivity index (χ3n) is 3.67. The predicted octanol–water partition coefficient (Wildman–Crippen LogP) is 1.40. The number of hydrogen-bond acceptors (Lipinski definition) is 3. The zero-order valence-electron chi connectivity index (χ0n) is 11.5. The molecule has 0 aromatic carbocycles. The average Bonchev–Trinajstić information content (AvgIpc) is 2.24. The van der Waals surface area contributed by atoms with Gasteiger partial charge in [0, 0.05) is 31.7 Å². The molecule has 1 rings (SSSR count). The summed E-state index contributed by atoms with van der Waals surface area (Å²) >= 11 is 0. The predicted molar refractivity (Wildman–Crippen MR) is 70.9 cm³/mol. The minimum absolute atomic E-state index is 0.703. The number of nitrogens with zero attached hydrogens (tertiary/aromatic N) is 2. The first kappa shape index (κ1) is 13.9. The molecule has 0 aliphatic carbocycles. The van der Waals surface area contributed by atoms with Gasteiger partial charge in [0.25, 0.3) is 0 Å². The molecule has 96 valence electrons. The van der Waals surface area contributed by atoms with Crippen molar-refractivity contribution in [1.29, 1.82) is 0 Å². The molecule has 0 spiro atoms. The maximum Gasteiger partial charge on any atom is 0.0235 e. The molecule has 0 amide bonds. The van der Waals surface area contributed by atoms with Crippen molar-refractivity contribution in [2.75, 3.05) is 40.3 Å². The molecule has 2 atom stereocenters. The van der Waals surface area contributed by atoms with Gasteiger partial charge in [-0.05, 0) is 33.5 Å². The van der Waals surface area contributed by atoms with Gasteiger partial charge in [-0.3, -0.25) is 0 Å². The van der Waals surface area contributed by atoms with Crippen LogP contribution in [0.2, 0.25) is 0 Å². The zero-order valence-corrected chi connectivity index (χ0v) is 11.5. The van der Waals surface area contributed by atoms with E-state index in [0.29, 0.717) is 6.04 Å². The van der Waals surface area contributed by atoms with Gasteiger partial charge in [0.05, 0.1) is 0 Å². The van der Waals surface area contributed by atoms with Crippen LogP contribution in [0.3, 0.4) is 0 Å². The lowest BCUT2D eigenvalue weighted by Gasteiger charge is -2.39. The van der Waals surface area contributed by atoms with Gasteiger partial charge < -0.3 is 15.1 Å². The van der Waals surface area contributed by atoms with E-state index >= 15 is 0 Å². The fourth-order valence-corrected chi connectivity index (χ4v) is 2.62. The number of rotatable bonds is 6. The summed E-state index contributed by atoms with van der Waals surface area (Å²) in [6.07, 6.45) is 3.88. The number of piperazine rings is 1. The van der Waals surface area contributed by atoms with Gasteiger partial charge in [0.15, 0.2) is 0 Å². The van der Waals surface area contributed by atoms with Crippen molar-refractivity contribution in [3.63, 3.8) is 0 Å². The zero-order chi connectivity index (χ0) is 12.0. The first-order chi connectivity index (χ1) is 7.67. The maximum absolute atomic E-state index is 3.62. The Balaban J connectivity index is 2.41. The highest BCUT2D eigenvalue weighted by Gasteiger charge is 2.24. The van der Waals surface area contributed by atoms with Gasteiger partial charge >= 0.3 is 0 Å². The fraction of sp³-hybridized carbons (Fsp3) is 1.00. The third-order valence-corrected chi connectivity index (χ3v) is 3.67. The molecule has 3 nitrogen and oxygen atoms in total. The van der Waals surface area contributed by atoms with Crippen LogP contribution < -0.4 is 5.32 Å². The topological polar surface area (TPSA) is 18.5 Å². The van der Waals surface area contributed by atoms with E-state index in [2.05, 4.69) is 43.1 Å². The third kappa shape index (κ3) is 4.40. The van der Waals surface area contributed by atoms with Crippen molar-refractivity contribution in [3.05, 3.63) is 0 Å². The molecule has 0 aromatic rings. The van der Waals surface area contributed by atoms with Gasteiger partial charge in [0.2, 0.25) is 0 Å². The molecule has 1 saturated heterocycles. The van der Waals surface area contributed by atoms with Crippen molar-refractivity contribution < 1.29 is 0 Å². The largest absolute Gasteiger partial charge is 0.314 e. The van der Waals surface area contributed by atoms with E-state index < -0.39 is 0 Å². The van der Waals surface area contributed by atoms with Gasteiger partial charge in [-0.1, -0.05) is 20.3 Å². The van der Waals surface area contributed by atoms with E-state index in [0.717, 1.165) is 12.6 Å². The summed E-state index contributed by atoms with van der Waals surface area (Å²) in [5, 5.41) is 3.62.